The topological polar surface area (TPSA) is 59.0 Å². The molecular weight excluding hydrogens is 354 g/mol. The van der Waals surface area contributed by atoms with Crippen LogP contribution in [0.3, 0.4) is 0 Å². The minimum atomic E-state index is -0.360. The largest absolute Gasteiger partial charge is 0.497 e. The van der Waals surface area contributed by atoms with Gasteiger partial charge in [-0.2, -0.15) is 0 Å². The minimum Gasteiger partial charge on any atom is -0.497 e. The first-order valence-electron chi connectivity index (χ1n) is 9.81. The van der Waals surface area contributed by atoms with Crippen LogP contribution in [0.1, 0.15) is 24.0 Å². The van der Waals surface area contributed by atoms with Crippen LogP contribution in [-0.4, -0.2) is 49.3 Å². The zero-order chi connectivity index (χ0) is 19.9. The van der Waals surface area contributed by atoms with Gasteiger partial charge in [-0.3, -0.25) is 4.79 Å². The molecule has 28 heavy (non-hydrogen) atoms. The lowest BCUT2D eigenvalue weighted by Crippen LogP contribution is -2.42. The summed E-state index contributed by atoms with van der Waals surface area (Å²) >= 11 is 0. The highest BCUT2D eigenvalue weighted by Gasteiger charge is 2.27. The van der Waals surface area contributed by atoms with E-state index in [0.717, 1.165) is 24.0 Å². The standard InChI is InChI=1S/C23H29NO4/c1-27-20-9-8-19(22(16-20)28-2)15-23(26)24-12-10-18(11-13-24)21(25)14-17-6-4-3-5-7-17/h3-9,16,18,21,25H,10-15H2,1-2H3. The number of amides is 1. The third-order valence-electron chi connectivity index (χ3n) is 5.56. The zero-order valence-corrected chi connectivity index (χ0v) is 16.6. The van der Waals surface area contributed by atoms with Gasteiger partial charge in [0, 0.05) is 24.7 Å². The van der Waals surface area contributed by atoms with Crippen molar-refractivity contribution in [1.82, 2.24) is 4.90 Å². The maximum Gasteiger partial charge on any atom is 0.227 e. The number of ether oxygens (including phenoxy) is 2. The lowest BCUT2D eigenvalue weighted by atomic mass is 9.88. The smallest absolute Gasteiger partial charge is 0.227 e. The van der Waals surface area contributed by atoms with E-state index in [1.165, 1.54) is 0 Å². The Bertz CT molecular complexity index is 769. The summed E-state index contributed by atoms with van der Waals surface area (Å²) in [5, 5.41) is 10.6. The minimum absolute atomic E-state index is 0.0967. The van der Waals surface area contributed by atoms with E-state index in [-0.39, 0.29) is 17.9 Å². The number of carbonyl (C=O) groups excluding carboxylic acids is 1. The molecule has 2 aromatic carbocycles. The normalized spacial score (nSPS) is 15.9. The van der Waals surface area contributed by atoms with Crippen LogP contribution in [0, 0.1) is 5.92 Å². The molecule has 1 amide bonds. The number of methoxy groups -OCH3 is 2. The molecule has 2 aromatic rings. The van der Waals surface area contributed by atoms with Crippen molar-refractivity contribution in [3.8, 4) is 11.5 Å². The molecule has 0 saturated carbocycles. The van der Waals surface area contributed by atoms with E-state index in [0.29, 0.717) is 37.4 Å². The number of piperidine rings is 1. The van der Waals surface area contributed by atoms with Gasteiger partial charge in [-0.1, -0.05) is 36.4 Å². The molecule has 0 bridgehead atoms. The Balaban J connectivity index is 1.52. The van der Waals surface area contributed by atoms with Crippen LogP contribution < -0.4 is 9.47 Å². The average molecular weight is 383 g/mol. The molecular formula is C23H29NO4. The third kappa shape index (κ3) is 5.04. The van der Waals surface area contributed by atoms with Gasteiger partial charge in [0.2, 0.25) is 5.91 Å². The molecule has 1 saturated heterocycles. The highest BCUT2D eigenvalue weighted by atomic mass is 16.5. The first-order chi connectivity index (χ1) is 13.6. The van der Waals surface area contributed by atoms with Crippen molar-refractivity contribution in [3.63, 3.8) is 0 Å². The Hall–Kier alpha value is -2.53. The van der Waals surface area contributed by atoms with E-state index in [1.807, 2.05) is 47.4 Å². The quantitative estimate of drug-likeness (QED) is 0.798. The summed E-state index contributed by atoms with van der Waals surface area (Å²) in [5.41, 5.74) is 2.01. The molecule has 3 rings (SSSR count). The highest BCUT2D eigenvalue weighted by molar-refractivity contribution is 5.79. The fraction of sp³-hybridized carbons (Fsp3) is 0.435. The molecule has 0 aromatic heterocycles. The van der Waals surface area contributed by atoms with Crippen LogP contribution >= 0.6 is 0 Å². The molecule has 1 heterocycles. The SMILES string of the molecule is COc1ccc(CC(=O)N2CCC(C(O)Cc3ccccc3)CC2)c(OC)c1. The van der Waals surface area contributed by atoms with Gasteiger partial charge in [0.25, 0.3) is 0 Å². The maximum atomic E-state index is 12.7. The van der Waals surface area contributed by atoms with E-state index in [4.69, 9.17) is 9.47 Å². The Morgan fingerprint density at radius 3 is 2.46 bits per heavy atom. The lowest BCUT2D eigenvalue weighted by molar-refractivity contribution is -0.132. The monoisotopic (exact) mass is 383 g/mol. The highest BCUT2D eigenvalue weighted by Crippen LogP contribution is 2.27. The van der Waals surface area contributed by atoms with Gasteiger partial charge in [0.15, 0.2) is 0 Å². The maximum absolute atomic E-state index is 12.7. The van der Waals surface area contributed by atoms with Crippen LogP contribution in [0.15, 0.2) is 48.5 Å². The summed E-state index contributed by atoms with van der Waals surface area (Å²) in [7, 11) is 3.21. The zero-order valence-electron chi connectivity index (χ0n) is 16.6. The molecule has 0 radical (unpaired) electrons. The first-order valence-corrected chi connectivity index (χ1v) is 9.81. The Morgan fingerprint density at radius 2 is 1.82 bits per heavy atom. The second-order valence-corrected chi connectivity index (χ2v) is 7.33. The van der Waals surface area contributed by atoms with Crippen molar-refractivity contribution in [2.75, 3.05) is 27.3 Å². The number of likely N-dealkylation sites (tertiary alicyclic amines) is 1. The molecule has 1 unspecified atom stereocenters. The molecule has 5 heteroatoms. The molecule has 5 nitrogen and oxygen atoms in total. The van der Waals surface area contributed by atoms with E-state index in [9.17, 15) is 9.90 Å². The third-order valence-corrected chi connectivity index (χ3v) is 5.56. The number of nitrogens with zero attached hydrogens (tertiary/aromatic N) is 1. The second-order valence-electron chi connectivity index (χ2n) is 7.33. The number of rotatable bonds is 7. The van der Waals surface area contributed by atoms with Gasteiger partial charge in [-0.25, -0.2) is 0 Å². The van der Waals surface area contributed by atoms with Gasteiger partial charge >= 0.3 is 0 Å². The number of hydrogen-bond acceptors (Lipinski definition) is 4. The number of aliphatic hydroxyl groups is 1. The van der Waals surface area contributed by atoms with Gasteiger partial charge in [-0.05, 0) is 36.8 Å². The Morgan fingerprint density at radius 1 is 1.11 bits per heavy atom. The molecule has 1 aliphatic heterocycles. The summed E-state index contributed by atoms with van der Waals surface area (Å²) in [6, 6.07) is 15.6. The molecule has 0 spiro atoms. The fourth-order valence-corrected chi connectivity index (χ4v) is 3.83. The van der Waals surface area contributed by atoms with Crippen molar-refractivity contribution in [2.24, 2.45) is 5.92 Å². The van der Waals surface area contributed by atoms with E-state index < -0.39 is 0 Å². The molecule has 0 aliphatic carbocycles. The average Bonchev–Trinajstić information content (AvgIpc) is 2.74. The van der Waals surface area contributed by atoms with Crippen LogP contribution in [-0.2, 0) is 17.6 Å². The summed E-state index contributed by atoms with van der Waals surface area (Å²) in [6.07, 6.45) is 2.28. The Labute approximate surface area is 166 Å². The van der Waals surface area contributed by atoms with Gasteiger partial charge in [-0.15, -0.1) is 0 Å². The Kier molecular flexibility index (Phi) is 6.93. The van der Waals surface area contributed by atoms with Gasteiger partial charge in [0.05, 0.1) is 26.7 Å². The van der Waals surface area contributed by atoms with Crippen LogP contribution in [0.2, 0.25) is 0 Å². The first kappa shape index (κ1) is 20.2. The second kappa shape index (κ2) is 9.60. The van der Waals surface area contributed by atoms with Crippen LogP contribution in [0.5, 0.6) is 11.5 Å². The number of carbonyl (C=O) groups is 1. The van der Waals surface area contributed by atoms with E-state index in [2.05, 4.69) is 0 Å². The predicted octanol–water partition coefficient (Wildman–Crippen LogP) is 3.09. The van der Waals surface area contributed by atoms with Gasteiger partial charge in [0.1, 0.15) is 11.5 Å². The lowest BCUT2D eigenvalue weighted by Gasteiger charge is -2.34. The van der Waals surface area contributed by atoms with Gasteiger partial charge < -0.3 is 19.5 Å². The summed E-state index contributed by atoms with van der Waals surface area (Å²) in [4.78, 5) is 14.6. The number of hydrogen-bond donors (Lipinski definition) is 1. The summed E-state index contributed by atoms with van der Waals surface area (Å²) < 4.78 is 10.6. The number of aliphatic hydroxyl groups excluding tert-OH is 1. The van der Waals surface area contributed by atoms with Crippen molar-refractivity contribution in [3.05, 3.63) is 59.7 Å². The fourth-order valence-electron chi connectivity index (χ4n) is 3.83. The van der Waals surface area contributed by atoms with Crippen molar-refractivity contribution in [2.45, 2.75) is 31.8 Å². The van der Waals surface area contributed by atoms with Crippen molar-refractivity contribution in [1.29, 1.82) is 0 Å². The predicted molar refractivity (Wildman–Crippen MR) is 109 cm³/mol. The molecule has 1 aliphatic rings. The summed E-state index contributed by atoms with van der Waals surface area (Å²) in [5.74, 6) is 1.71. The van der Waals surface area contributed by atoms with E-state index >= 15 is 0 Å². The van der Waals surface area contributed by atoms with Crippen molar-refractivity contribution >= 4 is 5.91 Å². The molecule has 150 valence electrons. The van der Waals surface area contributed by atoms with Crippen LogP contribution in [0.25, 0.3) is 0 Å². The summed E-state index contributed by atoms with van der Waals surface area (Å²) in [6.45, 7) is 1.38. The van der Waals surface area contributed by atoms with E-state index in [1.54, 1.807) is 20.3 Å². The molecule has 1 atom stereocenters. The molecule has 1 N–H and O–H groups in total. The number of benzene rings is 2. The molecule has 1 fully saturated rings. The van der Waals surface area contributed by atoms with Crippen LogP contribution in [0.4, 0.5) is 0 Å². The van der Waals surface area contributed by atoms with Crippen molar-refractivity contribution < 1.29 is 19.4 Å².